The Kier molecular flexibility index (Phi) is 7.21. The van der Waals surface area contributed by atoms with Crippen LogP contribution in [0.2, 0.25) is 0 Å². The summed E-state index contributed by atoms with van der Waals surface area (Å²) in [6.07, 6.45) is -3.40. The van der Waals surface area contributed by atoms with Gasteiger partial charge in [-0.05, 0) is 28.8 Å². The number of carbonyl (C=O) groups is 1. The summed E-state index contributed by atoms with van der Waals surface area (Å²) in [7, 11) is 1.61. The Morgan fingerprint density at radius 1 is 0.947 bits per heavy atom. The summed E-state index contributed by atoms with van der Waals surface area (Å²) in [6, 6.07) is 27.1. The molecule has 0 spiro atoms. The molecule has 38 heavy (non-hydrogen) atoms. The minimum Gasteiger partial charge on any atom is -0.497 e. The lowest BCUT2D eigenvalue weighted by Crippen LogP contribution is -2.39. The zero-order valence-corrected chi connectivity index (χ0v) is 20.6. The first-order valence-corrected chi connectivity index (χ1v) is 12.1. The van der Waals surface area contributed by atoms with E-state index in [1.54, 1.807) is 7.11 Å². The van der Waals surface area contributed by atoms with Gasteiger partial charge >= 0.3 is 0 Å². The minimum absolute atomic E-state index is 0.0814. The highest BCUT2D eigenvalue weighted by Gasteiger charge is 2.46. The van der Waals surface area contributed by atoms with Crippen LogP contribution >= 0.6 is 0 Å². The highest BCUT2D eigenvalue weighted by Crippen LogP contribution is 2.42. The number of aliphatic hydroxyl groups excluding tert-OH is 2. The second-order valence-corrected chi connectivity index (χ2v) is 8.91. The molecule has 0 bridgehead atoms. The smallest absolute Gasteiger partial charge is 0.288 e. The van der Waals surface area contributed by atoms with Crippen molar-refractivity contribution in [3.8, 4) is 5.75 Å². The van der Waals surface area contributed by atoms with Crippen molar-refractivity contribution in [1.82, 2.24) is 14.8 Å². The number of hydrogen-bond donors (Lipinski definition) is 3. The van der Waals surface area contributed by atoms with Crippen LogP contribution in [0.15, 0.2) is 91.3 Å². The number of ether oxygens (including phenoxy) is 3. The van der Waals surface area contributed by atoms with E-state index in [4.69, 9.17) is 19.9 Å². The number of primary amides is 1. The Bertz CT molecular complexity index is 1320. The van der Waals surface area contributed by atoms with Crippen molar-refractivity contribution in [3.63, 3.8) is 0 Å². The molecule has 1 saturated heterocycles. The Balaban J connectivity index is 1.51. The fraction of sp³-hybridized carbons (Fsp3) is 0.250. The van der Waals surface area contributed by atoms with Gasteiger partial charge in [-0.1, -0.05) is 72.8 Å². The molecular weight excluding hydrogens is 488 g/mol. The highest BCUT2D eigenvalue weighted by atomic mass is 16.6. The molecule has 10 heteroatoms. The van der Waals surface area contributed by atoms with E-state index in [1.807, 2.05) is 84.9 Å². The number of carbonyl (C=O) groups excluding carboxylic acids is 1. The maximum atomic E-state index is 11.4. The summed E-state index contributed by atoms with van der Waals surface area (Å²) < 4.78 is 19.2. The van der Waals surface area contributed by atoms with E-state index < -0.39 is 36.0 Å². The lowest BCUT2D eigenvalue weighted by molar-refractivity contribution is -0.0975. The van der Waals surface area contributed by atoms with Gasteiger partial charge in [-0.25, -0.2) is 9.67 Å². The number of rotatable bonds is 9. The second-order valence-electron chi connectivity index (χ2n) is 8.91. The van der Waals surface area contributed by atoms with Crippen LogP contribution in [-0.2, 0) is 15.1 Å². The fourth-order valence-corrected chi connectivity index (χ4v) is 4.72. The largest absolute Gasteiger partial charge is 0.497 e. The van der Waals surface area contributed by atoms with Gasteiger partial charge in [0, 0.05) is 0 Å². The van der Waals surface area contributed by atoms with Gasteiger partial charge in [0.15, 0.2) is 6.23 Å². The Hall–Kier alpha value is -4.09. The topological polar surface area (TPSA) is 142 Å². The van der Waals surface area contributed by atoms with Crippen molar-refractivity contribution in [2.45, 2.75) is 30.1 Å². The molecule has 1 fully saturated rings. The van der Waals surface area contributed by atoms with Gasteiger partial charge in [0.25, 0.3) is 5.91 Å². The summed E-state index contributed by atoms with van der Waals surface area (Å²) in [5.74, 6) is -0.333. The Morgan fingerprint density at radius 3 is 2.05 bits per heavy atom. The molecule has 3 aromatic carbocycles. The third-order valence-corrected chi connectivity index (χ3v) is 6.65. The van der Waals surface area contributed by atoms with Gasteiger partial charge in [-0.15, -0.1) is 5.10 Å². The first-order valence-electron chi connectivity index (χ1n) is 12.1. The highest BCUT2D eigenvalue weighted by molar-refractivity contribution is 5.88. The molecule has 4 aromatic rings. The summed E-state index contributed by atoms with van der Waals surface area (Å²) >= 11 is 0. The van der Waals surface area contributed by atoms with E-state index >= 15 is 0 Å². The third-order valence-electron chi connectivity index (χ3n) is 6.65. The van der Waals surface area contributed by atoms with E-state index in [9.17, 15) is 15.0 Å². The molecule has 10 nitrogen and oxygen atoms in total. The maximum Gasteiger partial charge on any atom is 0.288 e. The summed E-state index contributed by atoms with van der Waals surface area (Å²) in [5.41, 5.74) is 6.72. The summed E-state index contributed by atoms with van der Waals surface area (Å²) in [4.78, 5) is 15.2. The van der Waals surface area contributed by atoms with Gasteiger partial charge in [-0.2, -0.15) is 0 Å². The van der Waals surface area contributed by atoms with Crippen LogP contribution in [0.1, 0.15) is 33.5 Å². The summed E-state index contributed by atoms with van der Waals surface area (Å²) in [5, 5.41) is 25.5. The van der Waals surface area contributed by atoms with E-state index in [0.29, 0.717) is 5.75 Å². The van der Waals surface area contributed by atoms with Gasteiger partial charge < -0.3 is 30.2 Å². The average Bonchev–Trinajstić information content (AvgIpc) is 3.56. The predicted molar refractivity (Wildman–Crippen MR) is 136 cm³/mol. The Morgan fingerprint density at radius 2 is 1.53 bits per heavy atom. The fourth-order valence-electron chi connectivity index (χ4n) is 4.72. The van der Waals surface area contributed by atoms with Crippen LogP contribution in [-0.4, -0.2) is 62.9 Å². The molecule has 4 atom stereocenters. The number of nitrogens with zero attached hydrogens (tertiary/aromatic N) is 3. The van der Waals surface area contributed by atoms with Crippen molar-refractivity contribution in [3.05, 3.63) is 114 Å². The van der Waals surface area contributed by atoms with Crippen LogP contribution < -0.4 is 10.5 Å². The van der Waals surface area contributed by atoms with Crippen LogP contribution in [0.25, 0.3) is 0 Å². The van der Waals surface area contributed by atoms with Gasteiger partial charge in [0.1, 0.15) is 36.0 Å². The number of methoxy groups -OCH3 is 1. The number of hydrogen-bond acceptors (Lipinski definition) is 8. The molecular formula is C28H28N4O6. The molecule has 0 aliphatic carbocycles. The van der Waals surface area contributed by atoms with Crippen molar-refractivity contribution < 1.29 is 29.2 Å². The molecule has 1 aliphatic heterocycles. The zero-order valence-electron chi connectivity index (χ0n) is 20.6. The minimum atomic E-state index is -1.34. The second kappa shape index (κ2) is 10.7. The molecule has 4 N–H and O–H groups in total. The normalized spacial score (nSPS) is 21.3. The van der Waals surface area contributed by atoms with Crippen molar-refractivity contribution in [2.24, 2.45) is 5.73 Å². The first-order chi connectivity index (χ1) is 18.4. The van der Waals surface area contributed by atoms with E-state index in [-0.39, 0.29) is 12.4 Å². The van der Waals surface area contributed by atoms with Gasteiger partial charge in [0.05, 0.1) is 13.7 Å². The molecule has 2 heterocycles. The number of benzene rings is 3. The maximum absolute atomic E-state index is 11.4. The van der Waals surface area contributed by atoms with Gasteiger partial charge in [0.2, 0.25) is 5.82 Å². The van der Waals surface area contributed by atoms with E-state index in [2.05, 4.69) is 10.1 Å². The van der Waals surface area contributed by atoms with Crippen LogP contribution in [0.4, 0.5) is 0 Å². The lowest BCUT2D eigenvalue weighted by atomic mass is 9.80. The molecule has 1 aromatic heterocycles. The number of aromatic nitrogens is 3. The molecule has 5 rings (SSSR count). The number of aliphatic hydroxyl groups is 2. The zero-order chi connectivity index (χ0) is 26.7. The molecule has 0 radical (unpaired) electrons. The van der Waals surface area contributed by atoms with Crippen LogP contribution in [0.3, 0.4) is 0 Å². The number of nitrogens with two attached hydrogens (primary N) is 1. The van der Waals surface area contributed by atoms with Crippen LogP contribution in [0.5, 0.6) is 5.75 Å². The number of amides is 1. The van der Waals surface area contributed by atoms with Crippen molar-refractivity contribution >= 4 is 5.91 Å². The van der Waals surface area contributed by atoms with Gasteiger partial charge in [-0.3, -0.25) is 4.79 Å². The lowest BCUT2D eigenvalue weighted by Gasteiger charge is -2.37. The molecule has 1 amide bonds. The van der Waals surface area contributed by atoms with Crippen molar-refractivity contribution in [1.29, 1.82) is 0 Å². The molecule has 1 aliphatic rings. The molecule has 0 saturated carbocycles. The monoisotopic (exact) mass is 516 g/mol. The predicted octanol–water partition coefficient (Wildman–Crippen LogP) is 2.01. The molecule has 196 valence electrons. The average molecular weight is 517 g/mol. The SMILES string of the molecule is COc1ccc(C(OC[C@H]2O[C@@H](n3cnc(C(N)=O)n3)[C@H](O)[C@@H]2O)(c2ccccc2)c2ccccc2)cc1. The standard InChI is InChI=1S/C28H28N4O6/c1-36-21-14-12-20(13-15-21)28(18-8-4-2-5-9-18,19-10-6-3-7-11-19)37-16-22-23(33)24(34)27(38-22)32-17-30-26(31-32)25(29)35/h2-15,17,22-24,27,33-34H,16H2,1H3,(H2,29,35)/t22-,23-,24-,27-/m1/s1. The molecule has 0 unspecified atom stereocenters. The first kappa shape index (κ1) is 25.6. The summed E-state index contributed by atoms with van der Waals surface area (Å²) in [6.45, 7) is -0.0814. The third kappa shape index (κ3) is 4.66. The van der Waals surface area contributed by atoms with Crippen LogP contribution in [0, 0.1) is 0 Å². The van der Waals surface area contributed by atoms with Crippen molar-refractivity contribution in [2.75, 3.05) is 13.7 Å². The quantitative estimate of drug-likeness (QED) is 0.287. The van der Waals surface area contributed by atoms with E-state index in [1.165, 1.54) is 11.0 Å². The van der Waals surface area contributed by atoms with E-state index in [0.717, 1.165) is 16.7 Å². The Labute approximate surface area is 219 Å².